The smallest absolute Gasteiger partial charge is 0.223 e. The van der Waals surface area contributed by atoms with Gasteiger partial charge < -0.3 is 15.6 Å². The van der Waals surface area contributed by atoms with Gasteiger partial charge in [0.2, 0.25) is 5.95 Å². The van der Waals surface area contributed by atoms with Gasteiger partial charge in [-0.05, 0) is 31.4 Å². The first-order valence-electron chi connectivity index (χ1n) is 9.79. The third kappa shape index (κ3) is 2.77. The summed E-state index contributed by atoms with van der Waals surface area (Å²) in [5, 5.41) is 15.9. The summed E-state index contributed by atoms with van der Waals surface area (Å²) in [6.45, 7) is 2.04. The molecule has 0 bridgehead atoms. The number of rotatable bonds is 4. The van der Waals surface area contributed by atoms with Crippen LogP contribution in [0, 0.1) is 5.82 Å². The fraction of sp³-hybridized carbons (Fsp3) is 0.333. The van der Waals surface area contributed by atoms with Crippen LogP contribution in [0.5, 0.6) is 5.75 Å². The summed E-state index contributed by atoms with van der Waals surface area (Å²) in [5.74, 6) is 0.450. The van der Waals surface area contributed by atoms with Gasteiger partial charge in [0.1, 0.15) is 17.1 Å². The summed E-state index contributed by atoms with van der Waals surface area (Å²) >= 11 is 0. The number of pyridine rings is 1. The van der Waals surface area contributed by atoms with Crippen LogP contribution in [0.25, 0.3) is 16.6 Å². The molecule has 8 nitrogen and oxygen atoms in total. The van der Waals surface area contributed by atoms with E-state index in [1.54, 1.807) is 6.20 Å². The van der Waals surface area contributed by atoms with Gasteiger partial charge in [0, 0.05) is 29.4 Å². The van der Waals surface area contributed by atoms with Crippen LogP contribution >= 0.6 is 0 Å². The summed E-state index contributed by atoms with van der Waals surface area (Å²) in [6, 6.07) is 6.45. The fourth-order valence-electron chi connectivity index (χ4n) is 4.10. The number of nitrogens with two attached hydrogens (primary N) is 1. The van der Waals surface area contributed by atoms with Gasteiger partial charge >= 0.3 is 0 Å². The Hall–Kier alpha value is -3.33. The molecule has 4 aromatic rings. The van der Waals surface area contributed by atoms with E-state index in [4.69, 9.17) is 10.5 Å². The lowest BCUT2D eigenvalue weighted by molar-refractivity contribution is -0.0571. The largest absolute Gasteiger partial charge is 0.494 e. The van der Waals surface area contributed by atoms with Crippen LogP contribution in [0.15, 0.2) is 30.5 Å². The van der Waals surface area contributed by atoms with Crippen molar-refractivity contribution in [2.24, 2.45) is 0 Å². The van der Waals surface area contributed by atoms with Crippen LogP contribution in [-0.4, -0.2) is 36.8 Å². The monoisotopic (exact) mass is 408 g/mol. The van der Waals surface area contributed by atoms with Gasteiger partial charge in [-0.1, -0.05) is 13.0 Å². The lowest BCUT2D eigenvalue weighted by Crippen LogP contribution is -2.40. The first-order chi connectivity index (χ1) is 14.4. The highest BCUT2D eigenvalue weighted by Gasteiger charge is 2.46. The third-order valence-corrected chi connectivity index (χ3v) is 5.83. The standard InChI is InChI=1S/C21H21FN6O2/c1-3-14-5-4-12(10-24-14)21(29)8-11(9-21)18-26-19-15-6-13(22)7-16(30-2)17(15)25-20(23)28(19)27-18/h4-7,10-11,29H,3,8-9H2,1-2H3,(H2,23,25). The Morgan fingerprint density at radius 1 is 1.30 bits per heavy atom. The molecule has 0 aliphatic heterocycles. The molecule has 3 heterocycles. The van der Waals surface area contributed by atoms with Gasteiger partial charge in [-0.3, -0.25) is 4.98 Å². The number of aryl methyl sites for hydroxylation is 1. The van der Waals surface area contributed by atoms with Gasteiger partial charge in [-0.15, -0.1) is 5.10 Å². The lowest BCUT2D eigenvalue weighted by Gasteiger charge is -2.42. The van der Waals surface area contributed by atoms with E-state index in [2.05, 4.69) is 20.1 Å². The Balaban J connectivity index is 1.51. The number of halogens is 1. The number of aromatic nitrogens is 5. The molecular weight excluding hydrogens is 387 g/mol. The zero-order valence-corrected chi connectivity index (χ0v) is 16.6. The van der Waals surface area contributed by atoms with Crippen molar-refractivity contribution >= 4 is 22.5 Å². The molecule has 3 aromatic heterocycles. The second-order valence-electron chi connectivity index (χ2n) is 7.71. The maximum atomic E-state index is 14.1. The van der Waals surface area contributed by atoms with Crippen molar-refractivity contribution in [3.05, 3.63) is 53.4 Å². The molecule has 0 saturated heterocycles. The predicted molar refractivity (Wildman–Crippen MR) is 109 cm³/mol. The number of hydrogen-bond acceptors (Lipinski definition) is 7. The number of benzene rings is 1. The molecule has 5 rings (SSSR count). The first-order valence-corrected chi connectivity index (χ1v) is 9.79. The Bertz CT molecular complexity index is 1260. The molecule has 0 unspecified atom stereocenters. The molecular formula is C21H21FN6O2. The van der Waals surface area contributed by atoms with Crippen molar-refractivity contribution in [2.45, 2.75) is 37.7 Å². The summed E-state index contributed by atoms with van der Waals surface area (Å²) in [7, 11) is 1.45. The van der Waals surface area contributed by atoms with Gasteiger partial charge in [0.15, 0.2) is 11.5 Å². The highest BCUT2D eigenvalue weighted by molar-refractivity contribution is 5.95. The van der Waals surface area contributed by atoms with Crippen LogP contribution in [0.2, 0.25) is 0 Å². The highest BCUT2D eigenvalue weighted by Crippen LogP contribution is 2.50. The Kier molecular flexibility index (Phi) is 4.11. The van der Waals surface area contributed by atoms with Crippen LogP contribution in [0.1, 0.15) is 42.8 Å². The van der Waals surface area contributed by atoms with Crippen molar-refractivity contribution in [3.63, 3.8) is 0 Å². The molecule has 1 aliphatic carbocycles. The molecule has 3 N–H and O–H groups in total. The van der Waals surface area contributed by atoms with Crippen LogP contribution in [0.3, 0.4) is 0 Å². The van der Waals surface area contributed by atoms with E-state index in [-0.39, 0.29) is 17.6 Å². The average Bonchev–Trinajstić information content (AvgIpc) is 3.18. The number of fused-ring (bicyclic) bond motifs is 3. The van der Waals surface area contributed by atoms with E-state index in [1.165, 1.54) is 23.8 Å². The average molecular weight is 408 g/mol. The molecule has 1 aromatic carbocycles. The number of ether oxygens (including phenoxy) is 1. The van der Waals surface area contributed by atoms with Crippen molar-refractivity contribution in [3.8, 4) is 5.75 Å². The summed E-state index contributed by atoms with van der Waals surface area (Å²) in [4.78, 5) is 13.3. The van der Waals surface area contributed by atoms with E-state index in [0.717, 1.165) is 17.7 Å². The van der Waals surface area contributed by atoms with E-state index in [0.29, 0.717) is 35.2 Å². The topological polar surface area (TPSA) is 111 Å². The summed E-state index contributed by atoms with van der Waals surface area (Å²) in [5.41, 5.74) is 7.73. The molecule has 30 heavy (non-hydrogen) atoms. The SMILES string of the molecule is CCc1ccc(C2(O)CC(c3nc4c5cc(F)cc(OC)c5nc(N)n4n3)C2)cn1. The summed E-state index contributed by atoms with van der Waals surface area (Å²) in [6.07, 6.45) is 3.53. The third-order valence-electron chi connectivity index (χ3n) is 5.83. The maximum Gasteiger partial charge on any atom is 0.223 e. The molecule has 0 amide bonds. The molecule has 1 aliphatic rings. The van der Waals surface area contributed by atoms with E-state index in [9.17, 15) is 9.50 Å². The van der Waals surface area contributed by atoms with Gasteiger partial charge in [0.25, 0.3) is 0 Å². The predicted octanol–water partition coefficient (Wildman–Crippen LogP) is 2.73. The zero-order valence-electron chi connectivity index (χ0n) is 16.6. The van der Waals surface area contributed by atoms with Crippen LogP contribution in [-0.2, 0) is 12.0 Å². The van der Waals surface area contributed by atoms with Gasteiger partial charge in [-0.2, -0.15) is 4.52 Å². The molecule has 1 fully saturated rings. The number of hydrogen-bond donors (Lipinski definition) is 2. The normalized spacial score (nSPS) is 21.1. The Morgan fingerprint density at radius 3 is 2.77 bits per heavy atom. The summed E-state index contributed by atoms with van der Waals surface area (Å²) < 4.78 is 20.7. The fourth-order valence-corrected chi connectivity index (χ4v) is 4.10. The minimum atomic E-state index is -0.956. The van der Waals surface area contributed by atoms with Gasteiger partial charge in [0.05, 0.1) is 18.1 Å². The quantitative estimate of drug-likeness (QED) is 0.534. The number of anilines is 1. The molecule has 0 spiro atoms. The highest BCUT2D eigenvalue weighted by atomic mass is 19.1. The van der Waals surface area contributed by atoms with E-state index >= 15 is 0 Å². The Labute approximate surface area is 171 Å². The van der Waals surface area contributed by atoms with Crippen LogP contribution in [0.4, 0.5) is 10.3 Å². The Morgan fingerprint density at radius 2 is 2.10 bits per heavy atom. The van der Waals surface area contributed by atoms with Crippen LogP contribution < -0.4 is 10.5 Å². The minimum Gasteiger partial charge on any atom is -0.494 e. The molecule has 1 saturated carbocycles. The van der Waals surface area contributed by atoms with E-state index < -0.39 is 11.4 Å². The van der Waals surface area contributed by atoms with Crippen molar-refractivity contribution in [1.82, 2.24) is 24.6 Å². The van der Waals surface area contributed by atoms with Crippen molar-refractivity contribution in [1.29, 1.82) is 0 Å². The number of nitrogens with zero attached hydrogens (tertiary/aromatic N) is 5. The number of nitrogen functional groups attached to an aromatic ring is 1. The molecule has 9 heteroatoms. The first kappa shape index (κ1) is 18.7. The minimum absolute atomic E-state index is 0.0503. The van der Waals surface area contributed by atoms with E-state index in [1.807, 2.05) is 19.1 Å². The second-order valence-corrected chi connectivity index (χ2v) is 7.71. The van der Waals surface area contributed by atoms with Crippen molar-refractivity contribution in [2.75, 3.05) is 12.8 Å². The maximum absolute atomic E-state index is 14.1. The number of aliphatic hydroxyl groups is 1. The van der Waals surface area contributed by atoms with Gasteiger partial charge in [-0.25, -0.2) is 14.4 Å². The van der Waals surface area contributed by atoms with Crippen molar-refractivity contribution < 1.29 is 14.2 Å². The molecule has 154 valence electrons. The zero-order chi connectivity index (χ0) is 21.0. The second kappa shape index (κ2) is 6.60. The molecule has 0 atom stereocenters. The molecule has 0 radical (unpaired) electrons. The lowest BCUT2D eigenvalue weighted by atomic mass is 9.67. The number of methoxy groups -OCH3 is 1.